The molecule has 4 heterocycles. The summed E-state index contributed by atoms with van der Waals surface area (Å²) in [4.78, 5) is 22.1. The zero-order valence-corrected chi connectivity index (χ0v) is 25.0. The molecule has 2 aromatic heterocycles. The van der Waals surface area contributed by atoms with Gasteiger partial charge < -0.3 is 25.4 Å². The van der Waals surface area contributed by atoms with Crippen LogP contribution in [0.4, 0.5) is 17.3 Å². The molecule has 2 saturated heterocycles. The molecule has 11 heteroatoms. The molecule has 0 bridgehead atoms. The van der Waals surface area contributed by atoms with E-state index in [-0.39, 0.29) is 17.9 Å². The molecule has 0 radical (unpaired) electrons. The molecule has 43 heavy (non-hydrogen) atoms. The van der Waals surface area contributed by atoms with Crippen molar-refractivity contribution in [2.45, 2.75) is 24.7 Å². The van der Waals surface area contributed by atoms with Crippen LogP contribution in [-0.4, -0.2) is 89.6 Å². The van der Waals surface area contributed by atoms with E-state index in [0.29, 0.717) is 23.1 Å². The summed E-state index contributed by atoms with van der Waals surface area (Å²) in [5.74, 6) is 0.405. The van der Waals surface area contributed by atoms with Crippen LogP contribution in [0.3, 0.4) is 0 Å². The Hall–Kier alpha value is -3.70. The van der Waals surface area contributed by atoms with E-state index in [1.54, 1.807) is 4.52 Å². The molecule has 0 unspecified atom stereocenters. The third kappa shape index (κ3) is 6.78. The summed E-state index contributed by atoms with van der Waals surface area (Å²) in [6.45, 7) is 6.77. The SMILES string of the molecule is O=C(NCCCN1CCOCC1)c1ccc(Nc2nc3c(N4CCC(CO)(c5ccc(Cl)cc5)CC4)cccn3n2)cc1. The second-order valence-electron chi connectivity index (χ2n) is 11.3. The van der Waals surface area contributed by atoms with E-state index in [1.807, 2.05) is 60.8 Å². The van der Waals surface area contributed by atoms with E-state index in [2.05, 4.69) is 31.6 Å². The van der Waals surface area contributed by atoms with Gasteiger partial charge in [0.15, 0.2) is 5.65 Å². The number of anilines is 3. The summed E-state index contributed by atoms with van der Waals surface area (Å²) in [6, 6.07) is 19.2. The molecule has 0 aliphatic carbocycles. The van der Waals surface area contributed by atoms with Crippen molar-refractivity contribution < 1.29 is 14.6 Å². The van der Waals surface area contributed by atoms with Crippen LogP contribution in [-0.2, 0) is 10.2 Å². The number of aromatic nitrogens is 3. The largest absolute Gasteiger partial charge is 0.395 e. The first-order chi connectivity index (χ1) is 21.0. The number of hydrogen-bond acceptors (Lipinski definition) is 8. The number of amides is 1. The topological polar surface area (TPSA) is 107 Å². The number of ether oxygens (including phenoxy) is 1. The number of nitrogens with one attached hydrogen (secondary N) is 2. The number of nitrogens with zero attached hydrogens (tertiary/aromatic N) is 5. The summed E-state index contributed by atoms with van der Waals surface area (Å²) in [7, 11) is 0. The Labute approximate surface area is 256 Å². The number of benzene rings is 2. The van der Waals surface area contributed by atoms with Crippen LogP contribution < -0.4 is 15.5 Å². The minimum absolute atomic E-state index is 0.0770. The van der Waals surface area contributed by atoms with Gasteiger partial charge in [-0.3, -0.25) is 9.69 Å². The molecule has 4 aromatic rings. The number of fused-ring (bicyclic) bond motifs is 1. The lowest BCUT2D eigenvalue weighted by atomic mass is 9.73. The monoisotopic (exact) mass is 603 g/mol. The van der Waals surface area contributed by atoms with Gasteiger partial charge in [0, 0.05) is 60.6 Å². The van der Waals surface area contributed by atoms with Crippen LogP contribution in [0, 0.1) is 0 Å². The third-order valence-electron chi connectivity index (χ3n) is 8.61. The molecule has 2 aliphatic rings. The molecule has 3 N–H and O–H groups in total. The smallest absolute Gasteiger partial charge is 0.251 e. The van der Waals surface area contributed by atoms with E-state index >= 15 is 0 Å². The molecule has 0 spiro atoms. The van der Waals surface area contributed by atoms with Crippen molar-refractivity contribution in [2.24, 2.45) is 0 Å². The standard InChI is InChI=1S/C32H38ClN7O3/c33-26-8-6-25(7-9-26)32(23-41)12-17-39(18-13-32)28-3-1-16-40-29(28)36-31(37-40)35-27-10-4-24(5-11-27)30(42)34-14-2-15-38-19-21-43-22-20-38/h1,3-11,16,41H,2,12-15,17-23H2,(H,34,42)(H,35,37). The van der Waals surface area contributed by atoms with Crippen LogP contribution in [0.25, 0.3) is 5.65 Å². The van der Waals surface area contributed by atoms with Crippen molar-refractivity contribution in [3.05, 3.63) is 83.0 Å². The van der Waals surface area contributed by atoms with Gasteiger partial charge in [-0.1, -0.05) is 23.7 Å². The fourth-order valence-electron chi connectivity index (χ4n) is 5.97. The summed E-state index contributed by atoms with van der Waals surface area (Å²) < 4.78 is 7.16. The van der Waals surface area contributed by atoms with Gasteiger partial charge in [-0.25, -0.2) is 4.52 Å². The van der Waals surface area contributed by atoms with Crippen molar-refractivity contribution in [1.82, 2.24) is 24.8 Å². The minimum atomic E-state index is -0.279. The molecule has 0 saturated carbocycles. The molecule has 10 nitrogen and oxygen atoms in total. The van der Waals surface area contributed by atoms with Gasteiger partial charge in [0.05, 0.1) is 25.5 Å². The number of aliphatic hydroxyl groups excluding tert-OH is 1. The molecule has 2 aliphatic heterocycles. The van der Waals surface area contributed by atoms with Crippen LogP contribution in [0.15, 0.2) is 66.9 Å². The van der Waals surface area contributed by atoms with Gasteiger partial charge in [0.2, 0.25) is 5.95 Å². The van der Waals surface area contributed by atoms with E-state index in [1.165, 1.54) is 0 Å². The van der Waals surface area contributed by atoms with Crippen LogP contribution in [0.1, 0.15) is 35.2 Å². The number of aliphatic hydroxyl groups is 1. The highest BCUT2D eigenvalue weighted by atomic mass is 35.5. The Balaban J connectivity index is 1.06. The first-order valence-electron chi connectivity index (χ1n) is 15.0. The highest BCUT2D eigenvalue weighted by Crippen LogP contribution is 2.38. The summed E-state index contributed by atoms with van der Waals surface area (Å²) in [5.41, 5.74) is 4.03. The van der Waals surface area contributed by atoms with Crippen LogP contribution >= 0.6 is 11.6 Å². The minimum Gasteiger partial charge on any atom is -0.395 e. The van der Waals surface area contributed by atoms with Crippen LogP contribution in [0.2, 0.25) is 5.02 Å². The van der Waals surface area contributed by atoms with Gasteiger partial charge in [-0.05, 0) is 79.9 Å². The quantitative estimate of drug-likeness (QED) is 0.233. The predicted octanol–water partition coefficient (Wildman–Crippen LogP) is 4.11. The molecular weight excluding hydrogens is 566 g/mol. The average Bonchev–Trinajstić information content (AvgIpc) is 3.47. The summed E-state index contributed by atoms with van der Waals surface area (Å²) in [5, 5.41) is 22.0. The Kier molecular flexibility index (Phi) is 9.08. The fraction of sp³-hybridized carbons (Fsp3) is 0.406. The Morgan fingerprint density at radius 1 is 1.00 bits per heavy atom. The van der Waals surface area contributed by atoms with Gasteiger partial charge in [-0.15, -0.1) is 5.10 Å². The number of rotatable bonds is 10. The molecule has 1 amide bonds. The number of halogens is 1. The van der Waals surface area contributed by atoms with Crippen molar-refractivity contribution >= 4 is 40.5 Å². The second-order valence-corrected chi connectivity index (χ2v) is 11.7. The number of carbonyl (C=O) groups is 1. The van der Waals surface area contributed by atoms with Crippen molar-refractivity contribution in [1.29, 1.82) is 0 Å². The normalized spacial score (nSPS) is 17.2. The molecule has 2 aromatic carbocycles. The fourth-order valence-corrected chi connectivity index (χ4v) is 6.10. The highest BCUT2D eigenvalue weighted by molar-refractivity contribution is 6.30. The average molecular weight is 604 g/mol. The van der Waals surface area contributed by atoms with E-state index in [9.17, 15) is 9.90 Å². The maximum absolute atomic E-state index is 12.6. The predicted molar refractivity (Wildman–Crippen MR) is 169 cm³/mol. The first kappa shape index (κ1) is 29.4. The van der Waals surface area contributed by atoms with Gasteiger partial charge in [0.1, 0.15) is 0 Å². The lowest BCUT2D eigenvalue weighted by Gasteiger charge is -2.42. The van der Waals surface area contributed by atoms with E-state index in [0.717, 1.165) is 87.8 Å². The first-order valence-corrected chi connectivity index (χ1v) is 15.3. The molecule has 0 atom stereocenters. The lowest BCUT2D eigenvalue weighted by molar-refractivity contribution is 0.0374. The summed E-state index contributed by atoms with van der Waals surface area (Å²) >= 11 is 6.10. The van der Waals surface area contributed by atoms with Crippen molar-refractivity contribution in [3.8, 4) is 0 Å². The maximum Gasteiger partial charge on any atom is 0.251 e. The Bertz CT molecular complexity index is 1510. The van der Waals surface area contributed by atoms with Gasteiger partial charge in [0.25, 0.3) is 5.91 Å². The molecular formula is C32H38ClN7O3. The number of carbonyl (C=O) groups excluding carboxylic acids is 1. The number of piperidine rings is 1. The lowest BCUT2D eigenvalue weighted by Crippen LogP contribution is -2.45. The van der Waals surface area contributed by atoms with Crippen molar-refractivity contribution in [2.75, 3.05) is 69.3 Å². The Morgan fingerprint density at radius 3 is 2.47 bits per heavy atom. The maximum atomic E-state index is 12.6. The zero-order valence-electron chi connectivity index (χ0n) is 24.2. The van der Waals surface area contributed by atoms with E-state index in [4.69, 9.17) is 21.3 Å². The number of pyridine rings is 1. The van der Waals surface area contributed by atoms with E-state index < -0.39 is 0 Å². The van der Waals surface area contributed by atoms with Gasteiger partial charge >= 0.3 is 0 Å². The third-order valence-corrected chi connectivity index (χ3v) is 8.86. The van der Waals surface area contributed by atoms with Gasteiger partial charge in [-0.2, -0.15) is 4.98 Å². The van der Waals surface area contributed by atoms with Crippen LogP contribution in [0.5, 0.6) is 0 Å². The number of hydrogen-bond donors (Lipinski definition) is 3. The molecule has 2 fully saturated rings. The second kappa shape index (κ2) is 13.3. The van der Waals surface area contributed by atoms with Crippen molar-refractivity contribution in [3.63, 3.8) is 0 Å². The number of morpholine rings is 1. The molecule has 6 rings (SSSR count). The highest BCUT2D eigenvalue weighted by Gasteiger charge is 2.36. The Morgan fingerprint density at radius 2 is 1.74 bits per heavy atom. The molecule has 226 valence electrons. The summed E-state index contributed by atoms with van der Waals surface area (Å²) in [6.07, 6.45) is 4.44. The zero-order chi connectivity index (χ0) is 29.6.